The van der Waals surface area contributed by atoms with Gasteiger partial charge in [-0.15, -0.1) is 0 Å². The Morgan fingerprint density at radius 3 is 2.64 bits per heavy atom. The molecule has 146 valence electrons. The van der Waals surface area contributed by atoms with E-state index in [9.17, 15) is 4.55 Å². The molecule has 2 heterocycles. The lowest BCUT2D eigenvalue weighted by Gasteiger charge is -2.29. The third-order valence-electron chi connectivity index (χ3n) is 4.78. The number of benzene rings is 2. The fraction of sp³-hybridized carbons (Fsp3) is 0.263. The van der Waals surface area contributed by atoms with Gasteiger partial charge in [0.1, 0.15) is 31.2 Å². The first-order chi connectivity index (χ1) is 13.5. The normalized spacial score (nSPS) is 20.5. The van der Waals surface area contributed by atoms with Crippen LogP contribution in [0.1, 0.15) is 5.56 Å². The van der Waals surface area contributed by atoms with Gasteiger partial charge < -0.3 is 14.2 Å². The molecule has 0 amide bonds. The van der Waals surface area contributed by atoms with Gasteiger partial charge in [0.15, 0.2) is 4.90 Å². The van der Waals surface area contributed by atoms with E-state index < -0.39 is 16.8 Å². The molecule has 1 aromatic heterocycles. The summed E-state index contributed by atoms with van der Waals surface area (Å²) in [4.78, 5) is 6.93. The number of halogens is 2. The largest absolute Gasteiger partial charge is 0.612 e. The molecule has 9 heteroatoms. The highest BCUT2D eigenvalue weighted by Gasteiger charge is 2.43. The Bertz CT molecular complexity index is 953. The van der Waals surface area contributed by atoms with E-state index in [4.69, 9.17) is 27.9 Å². The molecule has 0 aliphatic carbocycles. The smallest absolute Gasteiger partial charge is 0.152 e. The van der Waals surface area contributed by atoms with Crippen molar-refractivity contribution >= 4 is 40.1 Å². The van der Waals surface area contributed by atoms with Crippen LogP contribution >= 0.6 is 23.2 Å². The van der Waals surface area contributed by atoms with E-state index in [-0.39, 0.29) is 0 Å². The van der Waals surface area contributed by atoms with Crippen LogP contribution < -0.4 is 4.90 Å². The Kier molecular flexibility index (Phi) is 5.53. The number of anilines is 1. The molecule has 6 nitrogen and oxygen atoms in total. The lowest BCUT2D eigenvalue weighted by atomic mass is 9.93. The van der Waals surface area contributed by atoms with Gasteiger partial charge in [0, 0.05) is 21.3 Å². The van der Waals surface area contributed by atoms with Crippen LogP contribution in [0.3, 0.4) is 0 Å². The summed E-state index contributed by atoms with van der Waals surface area (Å²) in [6.07, 6.45) is 4.82. The van der Waals surface area contributed by atoms with Gasteiger partial charge in [0.25, 0.3) is 0 Å². The van der Waals surface area contributed by atoms with E-state index in [2.05, 4.69) is 15.0 Å². The highest BCUT2D eigenvalue weighted by Crippen LogP contribution is 2.40. The van der Waals surface area contributed by atoms with E-state index >= 15 is 0 Å². The number of rotatable bonds is 5. The fourth-order valence-electron chi connectivity index (χ4n) is 3.39. The van der Waals surface area contributed by atoms with Crippen molar-refractivity contribution in [3.8, 4) is 0 Å². The molecule has 2 unspecified atom stereocenters. The second-order valence-corrected chi connectivity index (χ2v) is 8.85. The van der Waals surface area contributed by atoms with Crippen molar-refractivity contribution in [3.05, 3.63) is 70.7 Å². The summed E-state index contributed by atoms with van der Waals surface area (Å²) in [5, 5.41) is 5.35. The average Bonchev–Trinajstić information content (AvgIpc) is 3.33. The monoisotopic (exact) mass is 436 g/mol. The van der Waals surface area contributed by atoms with Gasteiger partial charge >= 0.3 is 0 Å². The highest BCUT2D eigenvalue weighted by molar-refractivity contribution is 7.90. The zero-order valence-corrected chi connectivity index (χ0v) is 17.4. The molecule has 2 atom stereocenters. The maximum atomic E-state index is 11.6. The molecule has 4 rings (SSSR count). The lowest BCUT2D eigenvalue weighted by molar-refractivity contribution is -0.00883. The predicted molar refractivity (Wildman–Crippen MR) is 110 cm³/mol. The first-order valence-corrected chi connectivity index (χ1v) is 10.9. The van der Waals surface area contributed by atoms with Crippen molar-refractivity contribution < 1.29 is 9.29 Å². The van der Waals surface area contributed by atoms with Crippen LogP contribution in [0, 0.1) is 0 Å². The van der Waals surface area contributed by atoms with Crippen LogP contribution in [0.15, 0.2) is 60.0 Å². The summed E-state index contributed by atoms with van der Waals surface area (Å²) < 4.78 is 19.7. The lowest BCUT2D eigenvalue weighted by Crippen LogP contribution is -2.37. The van der Waals surface area contributed by atoms with Crippen molar-refractivity contribution in [2.75, 3.05) is 24.4 Å². The predicted octanol–water partition coefficient (Wildman–Crippen LogP) is 3.71. The molecule has 28 heavy (non-hydrogen) atoms. The van der Waals surface area contributed by atoms with Crippen molar-refractivity contribution in [3.63, 3.8) is 0 Å². The molecule has 1 aliphatic rings. The zero-order valence-electron chi connectivity index (χ0n) is 15.1. The molecule has 0 N–H and O–H groups in total. The number of aromatic nitrogens is 3. The summed E-state index contributed by atoms with van der Waals surface area (Å²) in [5.41, 5.74) is 1.13. The van der Waals surface area contributed by atoms with Gasteiger partial charge in [-0.1, -0.05) is 29.3 Å². The zero-order chi connectivity index (χ0) is 19.7. The second-order valence-electron chi connectivity index (χ2n) is 6.63. The number of hydrogen-bond acceptors (Lipinski definition) is 5. The third-order valence-corrected chi connectivity index (χ3v) is 6.27. The van der Waals surface area contributed by atoms with Crippen LogP contribution in [0.4, 0.5) is 5.69 Å². The Labute approximate surface area is 176 Å². The standard InChI is InChI=1S/C19H18Cl2N4O2S/c1-28(26)16-5-3-15(4-6-16)24-9-19(27-13-24,10-25-12-22-11-23-25)17-7-2-14(20)8-18(17)21/h2-8,11-12H,9-10,13H2,1H3. The molecule has 0 saturated carbocycles. The van der Waals surface area contributed by atoms with Gasteiger partial charge in [0.2, 0.25) is 0 Å². The van der Waals surface area contributed by atoms with Crippen LogP contribution in [0.2, 0.25) is 10.0 Å². The maximum Gasteiger partial charge on any atom is 0.152 e. The number of ether oxygens (including phenoxy) is 1. The van der Waals surface area contributed by atoms with Crippen LogP contribution in [0.25, 0.3) is 0 Å². The van der Waals surface area contributed by atoms with Gasteiger partial charge in [-0.25, -0.2) is 9.67 Å². The minimum absolute atomic E-state index is 0.391. The first kappa shape index (κ1) is 19.5. The van der Waals surface area contributed by atoms with Crippen LogP contribution in [0.5, 0.6) is 0 Å². The first-order valence-electron chi connectivity index (χ1n) is 8.57. The molecular formula is C19H18Cl2N4O2S. The molecule has 0 bridgehead atoms. The van der Waals surface area contributed by atoms with Crippen molar-refractivity contribution in [2.24, 2.45) is 0 Å². The summed E-state index contributed by atoms with van der Waals surface area (Å²) in [6.45, 7) is 1.42. The Morgan fingerprint density at radius 2 is 2.00 bits per heavy atom. The highest BCUT2D eigenvalue weighted by atomic mass is 35.5. The minimum atomic E-state index is -1.01. The second kappa shape index (κ2) is 7.93. The van der Waals surface area contributed by atoms with E-state index in [1.165, 1.54) is 6.33 Å². The quantitative estimate of drug-likeness (QED) is 0.570. The van der Waals surface area contributed by atoms with Crippen molar-refractivity contribution in [2.45, 2.75) is 17.0 Å². The minimum Gasteiger partial charge on any atom is -0.612 e. The van der Waals surface area contributed by atoms with Gasteiger partial charge in [-0.3, -0.25) is 0 Å². The van der Waals surface area contributed by atoms with Gasteiger partial charge in [-0.05, 0) is 47.6 Å². The Balaban J connectivity index is 1.67. The van der Waals surface area contributed by atoms with E-state index in [0.29, 0.717) is 29.9 Å². The van der Waals surface area contributed by atoms with Gasteiger partial charge in [0.05, 0.1) is 13.1 Å². The number of hydrogen-bond donors (Lipinski definition) is 0. The van der Waals surface area contributed by atoms with E-state index in [0.717, 1.165) is 16.1 Å². The van der Waals surface area contributed by atoms with Gasteiger partial charge in [-0.2, -0.15) is 5.10 Å². The molecule has 1 aliphatic heterocycles. The van der Waals surface area contributed by atoms with Crippen LogP contribution in [-0.2, 0) is 28.1 Å². The average molecular weight is 437 g/mol. The summed E-state index contributed by atoms with van der Waals surface area (Å²) in [5.74, 6) is 0. The summed E-state index contributed by atoms with van der Waals surface area (Å²) >= 11 is 11.6. The Hall–Kier alpha value is -1.77. The van der Waals surface area contributed by atoms with Crippen molar-refractivity contribution in [1.29, 1.82) is 0 Å². The number of nitrogens with zero attached hydrogens (tertiary/aromatic N) is 4. The molecular weight excluding hydrogens is 419 g/mol. The third kappa shape index (κ3) is 3.86. The molecule has 3 aromatic rings. The van der Waals surface area contributed by atoms with E-state index in [1.54, 1.807) is 23.3 Å². The summed E-state index contributed by atoms with van der Waals surface area (Å²) in [6, 6.07) is 13.1. The molecule has 1 fully saturated rings. The SMILES string of the molecule is C[S+]([O-])c1ccc(N2COC(Cn3cncn3)(c3ccc(Cl)cc3Cl)C2)cc1. The molecule has 2 aromatic carbocycles. The Morgan fingerprint density at radius 1 is 1.21 bits per heavy atom. The molecule has 0 radical (unpaired) electrons. The molecule has 0 spiro atoms. The molecule has 1 saturated heterocycles. The van der Waals surface area contributed by atoms with E-state index in [1.807, 2.05) is 36.4 Å². The van der Waals surface area contributed by atoms with Crippen molar-refractivity contribution in [1.82, 2.24) is 14.8 Å². The summed E-state index contributed by atoms with van der Waals surface area (Å²) in [7, 11) is 0. The van der Waals surface area contributed by atoms with Crippen LogP contribution in [-0.4, -0.2) is 38.8 Å². The fourth-order valence-corrected chi connectivity index (χ4v) is 4.49. The topological polar surface area (TPSA) is 66.2 Å². The maximum absolute atomic E-state index is 11.6.